The average Bonchev–Trinajstić information content (AvgIpc) is 3.18. The van der Waals surface area contributed by atoms with Crippen LogP contribution >= 0.6 is 0 Å². The first-order valence-electron chi connectivity index (χ1n) is 8.53. The highest BCUT2D eigenvalue weighted by atomic mass is 16.5. The van der Waals surface area contributed by atoms with Crippen molar-refractivity contribution in [3.8, 4) is 0 Å². The summed E-state index contributed by atoms with van der Waals surface area (Å²) in [6, 6.07) is 2.42. The third kappa shape index (κ3) is 3.43. The molecule has 8 heteroatoms. The number of hydrogen-bond acceptors (Lipinski definition) is 7. The molecule has 4 heterocycles. The summed E-state index contributed by atoms with van der Waals surface area (Å²) < 4.78 is 5.41. The Hall–Kier alpha value is -2.35. The van der Waals surface area contributed by atoms with Gasteiger partial charge in [-0.2, -0.15) is 5.10 Å². The normalized spacial score (nSPS) is 21.8. The van der Waals surface area contributed by atoms with Crippen LogP contribution in [0.3, 0.4) is 0 Å². The highest BCUT2D eigenvalue weighted by Gasteiger charge is 2.21. The van der Waals surface area contributed by atoms with Crippen molar-refractivity contribution >= 4 is 17.3 Å². The van der Waals surface area contributed by atoms with Crippen LogP contribution in [0, 0.1) is 0 Å². The van der Waals surface area contributed by atoms with Crippen molar-refractivity contribution in [3.63, 3.8) is 0 Å². The summed E-state index contributed by atoms with van der Waals surface area (Å²) in [4.78, 5) is 13.4. The predicted octanol–water partition coefficient (Wildman–Crippen LogP) is 1.12. The lowest BCUT2D eigenvalue weighted by atomic mass is 10.1. The second kappa shape index (κ2) is 7.04. The summed E-state index contributed by atoms with van der Waals surface area (Å²) in [6.07, 6.45) is 7.77. The lowest BCUT2D eigenvalue weighted by Gasteiger charge is -2.34. The van der Waals surface area contributed by atoms with Crippen molar-refractivity contribution in [1.29, 1.82) is 0 Å². The molecule has 0 radical (unpaired) electrons. The molecule has 0 saturated carbocycles. The van der Waals surface area contributed by atoms with Crippen molar-refractivity contribution in [2.24, 2.45) is 0 Å². The van der Waals surface area contributed by atoms with Crippen LogP contribution in [0.2, 0.25) is 0 Å². The van der Waals surface area contributed by atoms with Gasteiger partial charge in [0, 0.05) is 44.5 Å². The number of anilines is 3. The van der Waals surface area contributed by atoms with Gasteiger partial charge in [-0.15, -0.1) is 0 Å². The molecule has 128 valence electrons. The van der Waals surface area contributed by atoms with Gasteiger partial charge in [-0.3, -0.25) is 5.10 Å². The minimum Gasteiger partial charge on any atom is -0.378 e. The number of aromatic nitrogens is 4. The number of aromatic amines is 1. The fourth-order valence-corrected chi connectivity index (χ4v) is 3.35. The quantitative estimate of drug-likeness (QED) is 0.870. The van der Waals surface area contributed by atoms with Crippen LogP contribution in [-0.4, -0.2) is 65.6 Å². The molecule has 2 aliphatic rings. The molecule has 24 heavy (non-hydrogen) atoms. The van der Waals surface area contributed by atoms with Crippen LogP contribution in [0.25, 0.3) is 0 Å². The molecular weight excluding hydrogens is 306 g/mol. The predicted molar refractivity (Wildman–Crippen MR) is 92.5 cm³/mol. The zero-order chi connectivity index (χ0) is 16.2. The first-order chi connectivity index (χ1) is 11.9. The Balaban J connectivity index is 1.41. The van der Waals surface area contributed by atoms with Crippen LogP contribution < -0.4 is 15.1 Å². The van der Waals surface area contributed by atoms with Crippen molar-refractivity contribution in [3.05, 3.63) is 24.8 Å². The molecule has 2 saturated heterocycles. The van der Waals surface area contributed by atoms with Gasteiger partial charge in [-0.1, -0.05) is 0 Å². The highest BCUT2D eigenvalue weighted by Crippen LogP contribution is 2.22. The standard InChI is InChI=1S/C16H23N7O/c1-2-13(11-23(3-1)14-9-19-20-10-14)21-15-8-16(18-12-17-15)22-4-6-24-7-5-22/h8-10,12-13H,1-7,11H2,(H,19,20)(H,17,18,21)/t13-/m1/s1. The SMILES string of the molecule is c1nc(N[C@@H]2CCCN(c3cn[nH]c3)C2)cc(N2CCOCC2)n1. The maximum Gasteiger partial charge on any atom is 0.134 e. The Bertz CT molecular complexity index is 642. The smallest absolute Gasteiger partial charge is 0.134 e. The van der Waals surface area contributed by atoms with Crippen LogP contribution in [0.4, 0.5) is 17.3 Å². The van der Waals surface area contributed by atoms with Gasteiger partial charge >= 0.3 is 0 Å². The topological polar surface area (TPSA) is 82.2 Å². The van der Waals surface area contributed by atoms with Crippen molar-refractivity contribution < 1.29 is 4.74 Å². The van der Waals surface area contributed by atoms with E-state index in [2.05, 4.69) is 35.3 Å². The Morgan fingerprint density at radius 3 is 2.92 bits per heavy atom. The van der Waals surface area contributed by atoms with E-state index in [1.165, 1.54) is 0 Å². The van der Waals surface area contributed by atoms with E-state index in [1.54, 1.807) is 6.33 Å². The molecule has 2 aliphatic heterocycles. The molecule has 0 unspecified atom stereocenters. The molecule has 8 nitrogen and oxygen atoms in total. The molecule has 4 rings (SSSR count). The van der Waals surface area contributed by atoms with Gasteiger partial charge < -0.3 is 19.9 Å². The second-order valence-corrected chi connectivity index (χ2v) is 6.25. The maximum absolute atomic E-state index is 5.41. The molecule has 2 aromatic heterocycles. The fourth-order valence-electron chi connectivity index (χ4n) is 3.35. The van der Waals surface area contributed by atoms with Crippen molar-refractivity contribution in [2.75, 3.05) is 54.5 Å². The summed E-state index contributed by atoms with van der Waals surface area (Å²) >= 11 is 0. The third-order valence-electron chi connectivity index (χ3n) is 4.61. The van der Waals surface area contributed by atoms with Crippen LogP contribution in [0.15, 0.2) is 24.8 Å². The minimum absolute atomic E-state index is 0.376. The fraction of sp³-hybridized carbons (Fsp3) is 0.562. The van der Waals surface area contributed by atoms with Gasteiger partial charge in [0.15, 0.2) is 0 Å². The van der Waals surface area contributed by atoms with Gasteiger partial charge in [-0.25, -0.2) is 9.97 Å². The lowest BCUT2D eigenvalue weighted by molar-refractivity contribution is 0.122. The summed E-state index contributed by atoms with van der Waals surface area (Å²) in [5.41, 5.74) is 1.15. The number of piperidine rings is 1. The number of nitrogens with one attached hydrogen (secondary N) is 2. The van der Waals surface area contributed by atoms with Gasteiger partial charge in [0.25, 0.3) is 0 Å². The molecule has 1 atom stereocenters. The Kier molecular flexibility index (Phi) is 4.46. The zero-order valence-corrected chi connectivity index (χ0v) is 13.7. The molecule has 0 aliphatic carbocycles. The maximum atomic E-state index is 5.41. The summed E-state index contributed by atoms with van der Waals surface area (Å²) in [6.45, 7) is 5.31. The average molecular weight is 329 g/mol. The van der Waals surface area contributed by atoms with Gasteiger partial charge in [0.05, 0.1) is 25.1 Å². The van der Waals surface area contributed by atoms with Gasteiger partial charge in [0.1, 0.15) is 18.0 Å². The molecule has 0 amide bonds. The second-order valence-electron chi connectivity index (χ2n) is 6.25. The Morgan fingerprint density at radius 2 is 2.08 bits per heavy atom. The number of H-pyrrole nitrogens is 1. The largest absolute Gasteiger partial charge is 0.378 e. The van der Waals surface area contributed by atoms with E-state index in [9.17, 15) is 0 Å². The van der Waals surface area contributed by atoms with E-state index in [0.717, 1.165) is 69.6 Å². The summed E-state index contributed by atoms with van der Waals surface area (Å²) in [5.74, 6) is 1.86. The van der Waals surface area contributed by atoms with E-state index in [4.69, 9.17) is 4.74 Å². The van der Waals surface area contributed by atoms with E-state index in [-0.39, 0.29) is 0 Å². The molecule has 2 N–H and O–H groups in total. The van der Waals surface area contributed by atoms with Crippen molar-refractivity contribution in [1.82, 2.24) is 20.2 Å². The molecule has 0 bridgehead atoms. The molecule has 0 aromatic carbocycles. The monoisotopic (exact) mass is 329 g/mol. The Labute approximate surface area is 141 Å². The Morgan fingerprint density at radius 1 is 1.17 bits per heavy atom. The number of ether oxygens (including phenoxy) is 1. The zero-order valence-electron chi connectivity index (χ0n) is 13.7. The number of hydrogen-bond donors (Lipinski definition) is 2. The summed E-state index contributed by atoms with van der Waals surface area (Å²) in [5, 5.41) is 10.5. The number of morpholine rings is 1. The highest BCUT2D eigenvalue weighted by molar-refractivity contribution is 5.50. The first kappa shape index (κ1) is 15.2. The third-order valence-corrected chi connectivity index (χ3v) is 4.61. The molecule has 2 aromatic rings. The van der Waals surface area contributed by atoms with Gasteiger partial charge in [0.2, 0.25) is 0 Å². The molecular formula is C16H23N7O. The molecule has 2 fully saturated rings. The van der Waals surface area contributed by atoms with E-state index < -0.39 is 0 Å². The molecule has 0 spiro atoms. The van der Waals surface area contributed by atoms with Crippen LogP contribution in [0.1, 0.15) is 12.8 Å². The van der Waals surface area contributed by atoms with E-state index in [0.29, 0.717) is 6.04 Å². The number of rotatable bonds is 4. The van der Waals surface area contributed by atoms with Crippen LogP contribution in [0.5, 0.6) is 0 Å². The first-order valence-corrected chi connectivity index (χ1v) is 8.53. The van der Waals surface area contributed by atoms with E-state index >= 15 is 0 Å². The van der Waals surface area contributed by atoms with Crippen LogP contribution in [-0.2, 0) is 4.74 Å². The van der Waals surface area contributed by atoms with Crippen molar-refractivity contribution in [2.45, 2.75) is 18.9 Å². The minimum atomic E-state index is 0.376. The summed E-state index contributed by atoms with van der Waals surface area (Å²) in [7, 11) is 0. The lowest BCUT2D eigenvalue weighted by Crippen LogP contribution is -2.42. The number of nitrogens with zero attached hydrogens (tertiary/aromatic N) is 5. The van der Waals surface area contributed by atoms with Gasteiger partial charge in [-0.05, 0) is 12.8 Å². The van der Waals surface area contributed by atoms with E-state index in [1.807, 2.05) is 18.5 Å².